The van der Waals surface area contributed by atoms with E-state index in [-0.39, 0.29) is 11.8 Å². The van der Waals surface area contributed by atoms with Crippen molar-refractivity contribution in [3.8, 4) is 5.75 Å². The molecule has 6 heteroatoms. The van der Waals surface area contributed by atoms with Gasteiger partial charge in [-0.15, -0.1) is 0 Å². The number of rotatable bonds is 6. The third kappa shape index (κ3) is 3.94. The van der Waals surface area contributed by atoms with Crippen molar-refractivity contribution >= 4 is 40.5 Å². The number of anilines is 2. The number of carbonyl (C=O) groups is 2. The molecule has 1 aliphatic heterocycles. The standard InChI is InChI=1S/C25H22N2O3S/c1-26(2)17-10-9-11-18(16-17)27-24(28)22(20-14-7-8-15-21(20)30-3)23(25(27)29)31-19-12-5-4-6-13-19/h4-16H,1-3H3. The topological polar surface area (TPSA) is 49.9 Å². The first-order valence-electron chi connectivity index (χ1n) is 9.78. The van der Waals surface area contributed by atoms with Gasteiger partial charge in [0, 0.05) is 30.2 Å². The maximum Gasteiger partial charge on any atom is 0.272 e. The van der Waals surface area contributed by atoms with Gasteiger partial charge in [-0.05, 0) is 36.4 Å². The number of ether oxygens (including phenoxy) is 1. The SMILES string of the molecule is COc1ccccc1C1=C(Sc2ccccc2)C(=O)N(c2cccc(N(C)C)c2)C1=O. The van der Waals surface area contributed by atoms with Gasteiger partial charge in [0.05, 0.1) is 23.3 Å². The lowest BCUT2D eigenvalue weighted by Crippen LogP contribution is -2.31. The lowest BCUT2D eigenvalue weighted by Gasteiger charge is -2.19. The van der Waals surface area contributed by atoms with Gasteiger partial charge in [-0.1, -0.05) is 54.2 Å². The van der Waals surface area contributed by atoms with E-state index in [0.29, 0.717) is 27.5 Å². The Morgan fingerprint density at radius 3 is 2.26 bits per heavy atom. The number of thioether (sulfide) groups is 1. The highest BCUT2D eigenvalue weighted by Crippen LogP contribution is 2.43. The van der Waals surface area contributed by atoms with Crippen LogP contribution in [0.2, 0.25) is 0 Å². The van der Waals surface area contributed by atoms with E-state index in [2.05, 4.69) is 0 Å². The van der Waals surface area contributed by atoms with Crippen LogP contribution in [0.5, 0.6) is 5.75 Å². The fraction of sp³-hybridized carbons (Fsp3) is 0.120. The number of imide groups is 1. The molecule has 5 nitrogen and oxygen atoms in total. The molecule has 1 heterocycles. The molecule has 0 aromatic heterocycles. The molecule has 1 aliphatic rings. The van der Waals surface area contributed by atoms with Crippen LogP contribution >= 0.6 is 11.8 Å². The Labute approximate surface area is 185 Å². The number of hydrogen-bond donors (Lipinski definition) is 0. The molecule has 156 valence electrons. The van der Waals surface area contributed by atoms with Gasteiger partial charge in [0.25, 0.3) is 11.8 Å². The maximum atomic E-state index is 13.6. The van der Waals surface area contributed by atoms with E-state index in [1.54, 1.807) is 19.2 Å². The van der Waals surface area contributed by atoms with E-state index >= 15 is 0 Å². The maximum absolute atomic E-state index is 13.6. The summed E-state index contributed by atoms with van der Waals surface area (Å²) in [6.45, 7) is 0. The van der Waals surface area contributed by atoms with Crippen molar-refractivity contribution in [3.63, 3.8) is 0 Å². The first-order chi connectivity index (χ1) is 15.0. The highest BCUT2D eigenvalue weighted by atomic mass is 32.2. The molecule has 0 bridgehead atoms. The third-order valence-corrected chi connectivity index (χ3v) is 6.08. The normalized spacial score (nSPS) is 13.7. The predicted molar refractivity (Wildman–Crippen MR) is 125 cm³/mol. The molecule has 0 fully saturated rings. The quantitative estimate of drug-likeness (QED) is 0.524. The van der Waals surface area contributed by atoms with Crippen molar-refractivity contribution < 1.29 is 14.3 Å². The summed E-state index contributed by atoms with van der Waals surface area (Å²) in [6, 6.07) is 24.2. The first-order valence-corrected chi connectivity index (χ1v) is 10.6. The summed E-state index contributed by atoms with van der Waals surface area (Å²) in [5.74, 6) is -0.145. The van der Waals surface area contributed by atoms with Crippen LogP contribution in [0.3, 0.4) is 0 Å². The summed E-state index contributed by atoms with van der Waals surface area (Å²) < 4.78 is 5.50. The molecule has 31 heavy (non-hydrogen) atoms. The number of methoxy groups -OCH3 is 1. The van der Waals surface area contributed by atoms with Crippen LogP contribution in [-0.2, 0) is 9.59 Å². The Hall–Kier alpha value is -3.51. The molecule has 4 rings (SSSR count). The van der Waals surface area contributed by atoms with Crippen LogP contribution in [0.1, 0.15) is 5.56 Å². The Balaban J connectivity index is 1.85. The molecule has 3 aromatic carbocycles. The summed E-state index contributed by atoms with van der Waals surface area (Å²) in [7, 11) is 5.40. The smallest absolute Gasteiger partial charge is 0.272 e. The second-order valence-corrected chi connectivity index (χ2v) is 8.26. The fourth-order valence-electron chi connectivity index (χ4n) is 3.44. The monoisotopic (exact) mass is 430 g/mol. The molecule has 3 aromatic rings. The van der Waals surface area contributed by atoms with E-state index in [9.17, 15) is 9.59 Å². The zero-order valence-corrected chi connectivity index (χ0v) is 18.3. The van der Waals surface area contributed by atoms with Gasteiger partial charge < -0.3 is 9.64 Å². The van der Waals surface area contributed by atoms with Gasteiger partial charge in [0.2, 0.25) is 0 Å². The van der Waals surface area contributed by atoms with Crippen LogP contribution in [0.25, 0.3) is 5.57 Å². The Kier molecular flexibility index (Phi) is 5.82. The Morgan fingerprint density at radius 2 is 1.55 bits per heavy atom. The third-order valence-electron chi connectivity index (χ3n) is 4.99. The minimum Gasteiger partial charge on any atom is -0.496 e. The van der Waals surface area contributed by atoms with E-state index in [4.69, 9.17) is 4.74 Å². The second kappa shape index (κ2) is 8.70. The van der Waals surface area contributed by atoms with Gasteiger partial charge in [0.1, 0.15) is 5.75 Å². The Morgan fingerprint density at radius 1 is 0.839 bits per heavy atom. The van der Waals surface area contributed by atoms with Crippen molar-refractivity contribution in [2.45, 2.75) is 4.90 Å². The van der Waals surface area contributed by atoms with Gasteiger partial charge in [0.15, 0.2) is 0 Å². The number of hydrogen-bond acceptors (Lipinski definition) is 5. The van der Waals surface area contributed by atoms with E-state index < -0.39 is 0 Å². The van der Waals surface area contributed by atoms with Crippen LogP contribution in [0, 0.1) is 0 Å². The Bertz CT molecular complexity index is 1170. The summed E-state index contributed by atoms with van der Waals surface area (Å²) in [5.41, 5.74) is 2.40. The molecule has 0 aliphatic carbocycles. The lowest BCUT2D eigenvalue weighted by molar-refractivity contribution is -0.119. The van der Waals surface area contributed by atoms with Gasteiger partial charge in [-0.3, -0.25) is 9.59 Å². The molecule has 0 atom stereocenters. The molecular weight excluding hydrogens is 408 g/mol. The minimum absolute atomic E-state index is 0.337. The highest BCUT2D eigenvalue weighted by molar-refractivity contribution is 8.04. The molecule has 0 N–H and O–H groups in total. The zero-order chi connectivity index (χ0) is 22.0. The average molecular weight is 431 g/mol. The van der Waals surface area contributed by atoms with Crippen LogP contribution in [0.15, 0.2) is 88.7 Å². The highest BCUT2D eigenvalue weighted by Gasteiger charge is 2.41. The largest absolute Gasteiger partial charge is 0.496 e. The summed E-state index contributed by atoms with van der Waals surface area (Å²) in [6.07, 6.45) is 0. The number of para-hydroxylation sites is 1. The van der Waals surface area contributed by atoms with Crippen molar-refractivity contribution in [2.75, 3.05) is 31.0 Å². The van der Waals surface area contributed by atoms with Crippen molar-refractivity contribution in [1.29, 1.82) is 0 Å². The molecular formula is C25H22N2O3S. The minimum atomic E-state index is -0.358. The summed E-state index contributed by atoms with van der Waals surface area (Å²) in [4.78, 5) is 31.6. The van der Waals surface area contributed by atoms with Gasteiger partial charge >= 0.3 is 0 Å². The van der Waals surface area contributed by atoms with E-state index in [1.165, 1.54) is 16.7 Å². The van der Waals surface area contributed by atoms with Gasteiger partial charge in [-0.25, -0.2) is 4.90 Å². The predicted octanol–water partition coefficient (Wildman–Crippen LogP) is 4.84. The number of nitrogens with zero attached hydrogens (tertiary/aromatic N) is 2. The van der Waals surface area contributed by atoms with E-state index in [1.807, 2.05) is 85.7 Å². The molecule has 0 spiro atoms. The summed E-state index contributed by atoms with van der Waals surface area (Å²) in [5, 5.41) is 0. The van der Waals surface area contributed by atoms with Crippen molar-refractivity contribution in [2.24, 2.45) is 0 Å². The van der Waals surface area contributed by atoms with Crippen LogP contribution in [0.4, 0.5) is 11.4 Å². The average Bonchev–Trinajstić information content (AvgIpc) is 3.03. The number of carbonyl (C=O) groups excluding carboxylic acids is 2. The van der Waals surface area contributed by atoms with Crippen LogP contribution < -0.4 is 14.5 Å². The number of benzene rings is 3. The molecule has 0 unspecified atom stereocenters. The summed E-state index contributed by atoms with van der Waals surface area (Å²) >= 11 is 1.30. The molecule has 0 saturated carbocycles. The second-order valence-electron chi connectivity index (χ2n) is 7.18. The molecule has 2 amide bonds. The van der Waals surface area contributed by atoms with E-state index in [0.717, 1.165) is 10.6 Å². The van der Waals surface area contributed by atoms with Crippen LogP contribution in [-0.4, -0.2) is 33.0 Å². The first kappa shape index (κ1) is 20.8. The number of amides is 2. The fourth-order valence-corrected chi connectivity index (χ4v) is 4.45. The molecule has 0 radical (unpaired) electrons. The lowest BCUT2D eigenvalue weighted by atomic mass is 10.0. The van der Waals surface area contributed by atoms with Gasteiger partial charge in [-0.2, -0.15) is 0 Å². The van der Waals surface area contributed by atoms with Crippen molar-refractivity contribution in [1.82, 2.24) is 0 Å². The zero-order valence-electron chi connectivity index (χ0n) is 17.5. The van der Waals surface area contributed by atoms with Crippen molar-refractivity contribution in [3.05, 3.63) is 89.3 Å². The molecule has 0 saturated heterocycles.